The summed E-state index contributed by atoms with van der Waals surface area (Å²) < 4.78 is 0. The average Bonchev–Trinajstić information content (AvgIpc) is 3.05. The number of aliphatic carboxylic acids is 1. The summed E-state index contributed by atoms with van der Waals surface area (Å²) in [6.07, 6.45) is 2.67. The molecule has 0 spiro atoms. The zero-order valence-electron chi connectivity index (χ0n) is 14.9. The molecule has 1 atom stereocenters. The molecule has 27 heavy (non-hydrogen) atoms. The number of carboxylic acid groups (broad SMARTS) is 1. The minimum absolute atomic E-state index is 0.0977. The number of carbonyl (C=O) groups is 3. The van der Waals surface area contributed by atoms with Crippen LogP contribution in [-0.2, 0) is 14.4 Å². The fraction of sp³-hybridized carbons (Fsp3) is 0.474. The number of nitrogens with one attached hydrogen (secondary N) is 2. The normalized spacial score (nSPS) is 22.1. The van der Waals surface area contributed by atoms with Crippen molar-refractivity contribution in [1.29, 1.82) is 0 Å². The number of H-pyrrole nitrogens is 1. The Morgan fingerprint density at radius 1 is 1.22 bits per heavy atom. The van der Waals surface area contributed by atoms with Crippen molar-refractivity contribution in [2.75, 3.05) is 19.6 Å². The fourth-order valence-corrected chi connectivity index (χ4v) is 4.15. The average molecular weight is 370 g/mol. The zero-order valence-corrected chi connectivity index (χ0v) is 14.9. The summed E-state index contributed by atoms with van der Waals surface area (Å²) in [5.41, 5.74) is 2.77. The molecule has 2 aliphatic heterocycles. The topological polar surface area (TPSA) is 115 Å². The van der Waals surface area contributed by atoms with Gasteiger partial charge in [0.05, 0.1) is 23.7 Å². The Morgan fingerprint density at radius 2 is 2.00 bits per heavy atom. The highest BCUT2D eigenvalue weighted by Crippen LogP contribution is 2.33. The van der Waals surface area contributed by atoms with Crippen LogP contribution in [0.3, 0.4) is 0 Å². The minimum atomic E-state index is -0.785. The number of nitrogens with zero attached hydrogens (tertiary/aromatic N) is 2. The highest BCUT2D eigenvalue weighted by atomic mass is 16.4. The van der Waals surface area contributed by atoms with Gasteiger partial charge in [-0.15, -0.1) is 0 Å². The van der Waals surface area contributed by atoms with E-state index in [1.807, 2.05) is 11.0 Å². The van der Waals surface area contributed by atoms with Gasteiger partial charge >= 0.3 is 5.97 Å². The van der Waals surface area contributed by atoms with E-state index in [0.29, 0.717) is 18.8 Å². The molecule has 0 bridgehead atoms. The predicted molar refractivity (Wildman–Crippen MR) is 97.3 cm³/mol. The molecule has 0 radical (unpaired) electrons. The van der Waals surface area contributed by atoms with Crippen molar-refractivity contribution < 1.29 is 19.5 Å². The number of carbonyl (C=O) groups excluding carboxylic acids is 2. The molecule has 4 rings (SSSR count). The number of benzene rings is 1. The standard InChI is InChI=1S/C19H22N4O4/c24-16-4-3-14(19(27)20-16)18-13-2-1-12(9-15(13)21-22-18)11-5-7-23(8-6-11)10-17(25)26/h1-2,9,11,14H,3-8,10H2,(H,21,22)(H,25,26)(H,20,24,27). The van der Waals surface area contributed by atoms with Crippen molar-refractivity contribution in [1.82, 2.24) is 20.4 Å². The van der Waals surface area contributed by atoms with Gasteiger partial charge < -0.3 is 5.11 Å². The number of aromatic nitrogens is 2. The van der Waals surface area contributed by atoms with Crippen molar-refractivity contribution in [2.45, 2.75) is 37.5 Å². The molecule has 2 saturated heterocycles. The van der Waals surface area contributed by atoms with Crippen LogP contribution in [0.15, 0.2) is 18.2 Å². The molecule has 3 heterocycles. The Bertz CT molecular complexity index is 898. The van der Waals surface area contributed by atoms with Gasteiger partial charge in [0.1, 0.15) is 0 Å². The number of fused-ring (bicyclic) bond motifs is 1. The van der Waals surface area contributed by atoms with E-state index in [1.165, 1.54) is 5.56 Å². The van der Waals surface area contributed by atoms with E-state index in [1.54, 1.807) is 0 Å². The Labute approximate surface area is 155 Å². The van der Waals surface area contributed by atoms with Gasteiger partial charge in [0.25, 0.3) is 0 Å². The SMILES string of the molecule is O=C(O)CN1CCC(c2ccc3c(C4CCC(=O)NC4=O)[nH]nc3c2)CC1. The lowest BCUT2D eigenvalue weighted by Crippen LogP contribution is -2.39. The molecule has 142 valence electrons. The van der Waals surface area contributed by atoms with Gasteiger partial charge in [-0.1, -0.05) is 12.1 Å². The third-order valence-corrected chi connectivity index (χ3v) is 5.61. The summed E-state index contributed by atoms with van der Waals surface area (Å²) in [5.74, 6) is -1.27. The van der Waals surface area contributed by atoms with Crippen LogP contribution in [0.2, 0.25) is 0 Å². The van der Waals surface area contributed by atoms with E-state index in [9.17, 15) is 14.4 Å². The van der Waals surface area contributed by atoms with Crippen LogP contribution in [0.1, 0.15) is 48.8 Å². The van der Waals surface area contributed by atoms with Gasteiger partial charge in [-0.3, -0.25) is 29.7 Å². The Balaban J connectivity index is 1.50. The van der Waals surface area contributed by atoms with Gasteiger partial charge in [0.15, 0.2) is 0 Å². The number of aromatic amines is 1. The van der Waals surface area contributed by atoms with Crippen LogP contribution in [0.5, 0.6) is 0 Å². The van der Waals surface area contributed by atoms with Crippen LogP contribution in [-0.4, -0.2) is 57.6 Å². The van der Waals surface area contributed by atoms with Gasteiger partial charge in [-0.25, -0.2) is 0 Å². The van der Waals surface area contributed by atoms with Gasteiger partial charge in [-0.2, -0.15) is 5.10 Å². The van der Waals surface area contributed by atoms with Crippen LogP contribution in [0.25, 0.3) is 10.9 Å². The van der Waals surface area contributed by atoms with E-state index >= 15 is 0 Å². The molecule has 8 nitrogen and oxygen atoms in total. The molecular weight excluding hydrogens is 348 g/mol. The molecule has 1 aromatic heterocycles. The third-order valence-electron chi connectivity index (χ3n) is 5.61. The number of amides is 2. The number of carboxylic acids is 1. The smallest absolute Gasteiger partial charge is 0.317 e. The molecule has 2 fully saturated rings. The first-order chi connectivity index (χ1) is 13.0. The summed E-state index contributed by atoms with van der Waals surface area (Å²) in [4.78, 5) is 36.3. The lowest BCUT2D eigenvalue weighted by molar-refractivity contribution is -0.138. The number of imide groups is 1. The van der Waals surface area contributed by atoms with E-state index in [2.05, 4.69) is 27.6 Å². The van der Waals surface area contributed by atoms with Gasteiger partial charge in [-0.05, 0) is 49.9 Å². The van der Waals surface area contributed by atoms with Crippen LogP contribution >= 0.6 is 0 Å². The second-order valence-corrected chi connectivity index (χ2v) is 7.36. The van der Waals surface area contributed by atoms with Crippen molar-refractivity contribution in [2.24, 2.45) is 0 Å². The van der Waals surface area contributed by atoms with E-state index in [-0.39, 0.29) is 24.3 Å². The Kier molecular flexibility index (Phi) is 4.65. The third kappa shape index (κ3) is 3.57. The van der Waals surface area contributed by atoms with Crippen LogP contribution < -0.4 is 5.32 Å². The quantitative estimate of drug-likeness (QED) is 0.700. The molecule has 2 aromatic rings. The number of piperidine rings is 2. The molecule has 1 unspecified atom stereocenters. The summed E-state index contributed by atoms with van der Waals surface area (Å²) >= 11 is 0. The Hall–Kier alpha value is -2.74. The van der Waals surface area contributed by atoms with Crippen molar-refractivity contribution in [3.8, 4) is 0 Å². The van der Waals surface area contributed by atoms with Crippen LogP contribution in [0, 0.1) is 0 Å². The lowest BCUT2D eigenvalue weighted by atomic mass is 9.88. The van der Waals surface area contributed by atoms with E-state index < -0.39 is 5.97 Å². The van der Waals surface area contributed by atoms with Gasteiger partial charge in [0, 0.05) is 11.8 Å². The highest BCUT2D eigenvalue weighted by Gasteiger charge is 2.31. The molecule has 0 aliphatic carbocycles. The second kappa shape index (κ2) is 7.11. The molecule has 3 N–H and O–H groups in total. The molecule has 0 saturated carbocycles. The lowest BCUT2D eigenvalue weighted by Gasteiger charge is -2.31. The number of likely N-dealkylation sites (tertiary alicyclic amines) is 1. The summed E-state index contributed by atoms with van der Waals surface area (Å²) in [5, 5.41) is 19.6. The largest absolute Gasteiger partial charge is 0.480 e. The molecule has 2 amide bonds. The number of rotatable bonds is 4. The maximum absolute atomic E-state index is 12.1. The second-order valence-electron chi connectivity index (χ2n) is 7.36. The summed E-state index contributed by atoms with van der Waals surface area (Å²) in [6, 6.07) is 6.13. The molecule has 1 aromatic carbocycles. The first-order valence-electron chi connectivity index (χ1n) is 9.27. The summed E-state index contributed by atoms with van der Waals surface area (Å²) in [6.45, 7) is 1.65. The summed E-state index contributed by atoms with van der Waals surface area (Å²) in [7, 11) is 0. The molecular formula is C19H22N4O4. The maximum atomic E-state index is 12.1. The minimum Gasteiger partial charge on any atom is -0.480 e. The first-order valence-corrected chi connectivity index (χ1v) is 9.27. The van der Waals surface area contributed by atoms with Crippen molar-refractivity contribution >= 4 is 28.7 Å². The predicted octanol–water partition coefficient (Wildman–Crippen LogP) is 1.35. The first kappa shape index (κ1) is 17.7. The highest BCUT2D eigenvalue weighted by molar-refractivity contribution is 6.02. The van der Waals surface area contributed by atoms with Gasteiger partial charge in [0.2, 0.25) is 11.8 Å². The fourth-order valence-electron chi connectivity index (χ4n) is 4.15. The number of hydrogen-bond donors (Lipinski definition) is 3. The van der Waals surface area contributed by atoms with Crippen molar-refractivity contribution in [3.63, 3.8) is 0 Å². The van der Waals surface area contributed by atoms with E-state index in [4.69, 9.17) is 5.11 Å². The molecule has 8 heteroatoms. The maximum Gasteiger partial charge on any atom is 0.317 e. The number of hydrogen-bond acceptors (Lipinski definition) is 5. The molecule has 2 aliphatic rings. The van der Waals surface area contributed by atoms with Crippen LogP contribution in [0.4, 0.5) is 0 Å². The Morgan fingerprint density at radius 3 is 2.70 bits per heavy atom. The zero-order chi connectivity index (χ0) is 19.0. The monoisotopic (exact) mass is 370 g/mol. The van der Waals surface area contributed by atoms with E-state index in [0.717, 1.165) is 42.5 Å². The van der Waals surface area contributed by atoms with Crippen molar-refractivity contribution in [3.05, 3.63) is 29.5 Å².